The van der Waals surface area contributed by atoms with Gasteiger partial charge in [-0.25, -0.2) is 0 Å². The topological polar surface area (TPSA) is 26.0 Å². The van der Waals surface area contributed by atoms with Crippen molar-refractivity contribution in [3.05, 3.63) is 6.42 Å². The van der Waals surface area contributed by atoms with Gasteiger partial charge in [-0.3, -0.25) is 0 Å². The van der Waals surface area contributed by atoms with Crippen molar-refractivity contribution in [1.82, 2.24) is 0 Å². The van der Waals surface area contributed by atoms with Crippen LogP contribution in [0.5, 0.6) is 0 Å². The van der Waals surface area contributed by atoms with Crippen LogP contribution in [0.4, 0.5) is 0 Å². The predicted octanol–water partition coefficient (Wildman–Crippen LogP) is 1.98. The molecule has 1 atom stereocenters. The molecule has 1 unspecified atom stereocenters. The van der Waals surface area contributed by atoms with Crippen molar-refractivity contribution in [1.29, 1.82) is 0 Å². The van der Waals surface area contributed by atoms with Crippen LogP contribution >= 0.6 is 0 Å². The van der Waals surface area contributed by atoms with Crippen LogP contribution in [0.3, 0.4) is 0 Å². The summed E-state index contributed by atoms with van der Waals surface area (Å²) in [6, 6.07) is 0. The van der Waals surface area contributed by atoms with E-state index in [0.717, 1.165) is 12.5 Å². The molecule has 1 radical (unpaired) electrons. The van der Waals surface area contributed by atoms with E-state index in [9.17, 15) is 0 Å². The van der Waals surface area contributed by atoms with E-state index in [2.05, 4.69) is 20.3 Å². The Hall–Kier alpha value is -0.0400. The maximum atomic E-state index is 5.35. The van der Waals surface area contributed by atoms with E-state index in [0.29, 0.717) is 0 Å². The van der Waals surface area contributed by atoms with Gasteiger partial charge in [0, 0.05) is 0 Å². The molecule has 0 aliphatic heterocycles. The highest BCUT2D eigenvalue weighted by atomic mass is 14.5. The average molecular weight is 128 g/mol. The summed E-state index contributed by atoms with van der Waals surface area (Å²) in [5, 5.41) is 0. The minimum Gasteiger partial charge on any atom is -0.330 e. The molecule has 0 rings (SSSR count). The van der Waals surface area contributed by atoms with Crippen LogP contribution in [0.1, 0.15) is 33.1 Å². The molecule has 0 heterocycles. The molecule has 1 nitrogen and oxygen atoms in total. The van der Waals surface area contributed by atoms with Crippen LogP contribution in [0.15, 0.2) is 0 Å². The molecule has 0 aliphatic carbocycles. The van der Waals surface area contributed by atoms with Crippen molar-refractivity contribution in [3.8, 4) is 0 Å². The average Bonchev–Trinajstić information content (AvgIpc) is 1.85. The lowest BCUT2D eigenvalue weighted by atomic mass is 10.0. The maximum Gasteiger partial charge on any atom is -0.00431 e. The molecule has 0 aromatic heterocycles. The van der Waals surface area contributed by atoms with Gasteiger partial charge in [0.05, 0.1) is 0 Å². The fourth-order valence-corrected chi connectivity index (χ4v) is 0.876. The molecule has 0 spiro atoms. The lowest BCUT2D eigenvalue weighted by Crippen LogP contribution is -2.06. The Morgan fingerprint density at radius 3 is 2.67 bits per heavy atom. The normalized spacial score (nSPS) is 13.7. The molecule has 0 aromatic rings. The van der Waals surface area contributed by atoms with E-state index >= 15 is 0 Å². The summed E-state index contributed by atoms with van der Waals surface area (Å²) in [5.41, 5.74) is 5.35. The van der Waals surface area contributed by atoms with Crippen molar-refractivity contribution >= 4 is 0 Å². The number of unbranched alkanes of at least 4 members (excludes halogenated alkanes) is 1. The first kappa shape index (κ1) is 8.96. The lowest BCUT2D eigenvalue weighted by molar-refractivity contribution is 0.559. The summed E-state index contributed by atoms with van der Waals surface area (Å²) in [5.74, 6) is 0.718. The minimum atomic E-state index is 0.718. The summed E-state index contributed by atoms with van der Waals surface area (Å²) in [4.78, 5) is 0. The highest BCUT2D eigenvalue weighted by Crippen LogP contribution is 2.08. The van der Waals surface area contributed by atoms with Gasteiger partial charge in [-0.05, 0) is 18.9 Å². The Labute approximate surface area is 58.6 Å². The van der Waals surface area contributed by atoms with Crippen LogP contribution in [-0.4, -0.2) is 6.54 Å². The second kappa shape index (κ2) is 6.09. The first-order valence-corrected chi connectivity index (χ1v) is 3.84. The van der Waals surface area contributed by atoms with Crippen LogP contribution in [-0.2, 0) is 0 Å². The molecule has 9 heavy (non-hydrogen) atoms. The molecule has 0 amide bonds. The first-order valence-electron chi connectivity index (χ1n) is 3.84. The second-order valence-electron chi connectivity index (χ2n) is 2.59. The minimum absolute atomic E-state index is 0.718. The largest absolute Gasteiger partial charge is 0.330 e. The van der Waals surface area contributed by atoms with Crippen molar-refractivity contribution in [2.75, 3.05) is 6.54 Å². The van der Waals surface area contributed by atoms with E-state index in [4.69, 9.17) is 5.73 Å². The van der Waals surface area contributed by atoms with Gasteiger partial charge in [0.1, 0.15) is 0 Å². The van der Waals surface area contributed by atoms with Crippen LogP contribution in [0.2, 0.25) is 0 Å². The monoisotopic (exact) mass is 128 g/mol. The van der Waals surface area contributed by atoms with E-state index in [1.165, 1.54) is 19.3 Å². The SMILES string of the molecule is CCCCC(C)[CH]CN. The Balaban J connectivity index is 2.95. The van der Waals surface area contributed by atoms with Gasteiger partial charge in [-0.2, -0.15) is 0 Å². The van der Waals surface area contributed by atoms with Gasteiger partial charge in [0.25, 0.3) is 0 Å². The van der Waals surface area contributed by atoms with Crippen molar-refractivity contribution in [2.24, 2.45) is 11.7 Å². The standard InChI is InChI=1S/C8H18N/c1-3-4-5-8(2)6-7-9/h6,8H,3-5,7,9H2,1-2H3. The molecule has 0 aliphatic rings. The third-order valence-electron chi connectivity index (χ3n) is 1.55. The second-order valence-corrected chi connectivity index (χ2v) is 2.59. The summed E-state index contributed by atoms with van der Waals surface area (Å²) < 4.78 is 0. The third kappa shape index (κ3) is 5.84. The number of hydrogen-bond acceptors (Lipinski definition) is 1. The highest BCUT2D eigenvalue weighted by Gasteiger charge is 1.97. The Bertz CT molecular complexity index is 52.5. The van der Waals surface area contributed by atoms with Crippen LogP contribution in [0.25, 0.3) is 0 Å². The number of rotatable bonds is 5. The van der Waals surface area contributed by atoms with E-state index in [1.807, 2.05) is 0 Å². The van der Waals surface area contributed by atoms with Crippen molar-refractivity contribution in [3.63, 3.8) is 0 Å². The fraction of sp³-hybridized carbons (Fsp3) is 0.875. The molecule has 0 aromatic carbocycles. The molecule has 2 N–H and O–H groups in total. The lowest BCUT2D eigenvalue weighted by Gasteiger charge is -2.06. The summed E-state index contributed by atoms with van der Waals surface area (Å²) in [6.07, 6.45) is 6.10. The number of hydrogen-bond donors (Lipinski definition) is 1. The quantitative estimate of drug-likeness (QED) is 0.602. The van der Waals surface area contributed by atoms with Crippen molar-refractivity contribution < 1.29 is 0 Å². The van der Waals surface area contributed by atoms with Gasteiger partial charge in [0.2, 0.25) is 0 Å². The number of nitrogens with two attached hydrogens (primary N) is 1. The first-order chi connectivity index (χ1) is 4.31. The zero-order valence-corrected chi connectivity index (χ0v) is 6.56. The van der Waals surface area contributed by atoms with Crippen molar-refractivity contribution in [2.45, 2.75) is 33.1 Å². The zero-order chi connectivity index (χ0) is 7.11. The Morgan fingerprint density at radius 2 is 2.22 bits per heavy atom. The van der Waals surface area contributed by atoms with Gasteiger partial charge in [-0.15, -0.1) is 0 Å². The molecule has 0 bridgehead atoms. The smallest absolute Gasteiger partial charge is 0.00431 e. The molecular formula is C8H18N. The summed E-state index contributed by atoms with van der Waals surface area (Å²) in [7, 11) is 0. The van der Waals surface area contributed by atoms with Crippen LogP contribution < -0.4 is 5.73 Å². The predicted molar refractivity (Wildman–Crippen MR) is 42.0 cm³/mol. The van der Waals surface area contributed by atoms with Gasteiger partial charge in [0.15, 0.2) is 0 Å². The van der Waals surface area contributed by atoms with Crippen LogP contribution in [0, 0.1) is 12.3 Å². The molecule has 55 valence electrons. The van der Waals surface area contributed by atoms with Gasteiger partial charge in [-0.1, -0.05) is 33.1 Å². The Morgan fingerprint density at radius 1 is 1.56 bits per heavy atom. The summed E-state index contributed by atoms with van der Waals surface area (Å²) >= 11 is 0. The fourth-order valence-electron chi connectivity index (χ4n) is 0.876. The molecule has 0 fully saturated rings. The van der Waals surface area contributed by atoms with E-state index in [1.54, 1.807) is 0 Å². The van der Waals surface area contributed by atoms with E-state index < -0.39 is 0 Å². The van der Waals surface area contributed by atoms with E-state index in [-0.39, 0.29) is 0 Å². The molecule has 0 saturated carbocycles. The Kier molecular flexibility index (Phi) is 6.06. The van der Waals surface area contributed by atoms with Gasteiger partial charge < -0.3 is 5.73 Å². The zero-order valence-electron chi connectivity index (χ0n) is 6.56. The van der Waals surface area contributed by atoms with Gasteiger partial charge >= 0.3 is 0 Å². The highest BCUT2D eigenvalue weighted by molar-refractivity contribution is 4.72. The molecule has 1 heteroatoms. The third-order valence-corrected chi connectivity index (χ3v) is 1.55. The maximum absolute atomic E-state index is 5.35. The summed E-state index contributed by atoms with van der Waals surface area (Å²) in [6.45, 7) is 5.17. The molecular weight excluding hydrogens is 110 g/mol. The molecule has 0 saturated heterocycles.